The second-order valence-electron chi connectivity index (χ2n) is 8.69. The minimum absolute atomic E-state index is 0.145. The molecule has 1 saturated heterocycles. The molecule has 1 aliphatic rings. The third-order valence-electron chi connectivity index (χ3n) is 6.08. The molecule has 0 saturated carbocycles. The number of carbonyl (C=O) groups is 1. The molecule has 2 heterocycles. The van der Waals surface area contributed by atoms with E-state index >= 15 is 0 Å². The molecule has 5 heteroatoms. The van der Waals surface area contributed by atoms with Gasteiger partial charge in [-0.1, -0.05) is 60.7 Å². The van der Waals surface area contributed by atoms with Crippen LogP contribution in [0.2, 0.25) is 0 Å². The maximum atomic E-state index is 12.5. The minimum Gasteiger partial charge on any atom is -0.334 e. The third kappa shape index (κ3) is 5.95. The Kier molecular flexibility index (Phi) is 7.17. The number of carbonyl (C=O) groups excluding carboxylic acids is 1. The van der Waals surface area contributed by atoms with E-state index in [1.54, 1.807) is 0 Å². The van der Waals surface area contributed by atoms with E-state index < -0.39 is 0 Å². The SMILES string of the molecule is Cc1cc(NC(=O)NC2CCN(CCC(c3ccccc3)c3ccccc3)C2)cc(C)n1. The van der Waals surface area contributed by atoms with Gasteiger partial charge in [0, 0.05) is 42.1 Å². The number of nitrogens with one attached hydrogen (secondary N) is 2. The predicted octanol–water partition coefficient (Wildman–Crippen LogP) is 5.12. The number of hydrogen-bond donors (Lipinski definition) is 2. The number of pyridine rings is 1. The van der Waals surface area contributed by atoms with Crippen LogP contribution in [0, 0.1) is 13.8 Å². The Hall–Kier alpha value is -3.18. The molecular weight excluding hydrogens is 396 g/mol. The summed E-state index contributed by atoms with van der Waals surface area (Å²) in [4.78, 5) is 19.3. The van der Waals surface area contributed by atoms with Crippen LogP contribution >= 0.6 is 0 Å². The van der Waals surface area contributed by atoms with Crippen LogP contribution < -0.4 is 10.6 Å². The number of aryl methyl sites for hydroxylation is 2. The van der Waals surface area contributed by atoms with Crippen molar-refractivity contribution in [2.45, 2.75) is 38.6 Å². The molecule has 4 rings (SSSR count). The fraction of sp³-hybridized carbons (Fsp3) is 0.333. The lowest BCUT2D eigenvalue weighted by atomic mass is 9.88. The molecule has 2 aromatic carbocycles. The third-order valence-corrected chi connectivity index (χ3v) is 6.08. The molecule has 166 valence electrons. The topological polar surface area (TPSA) is 57.3 Å². The predicted molar refractivity (Wildman–Crippen MR) is 130 cm³/mol. The molecule has 0 aliphatic carbocycles. The van der Waals surface area contributed by atoms with Gasteiger partial charge in [-0.2, -0.15) is 0 Å². The molecule has 0 radical (unpaired) electrons. The van der Waals surface area contributed by atoms with Gasteiger partial charge in [-0.15, -0.1) is 0 Å². The van der Waals surface area contributed by atoms with Crippen LogP contribution in [0.4, 0.5) is 10.5 Å². The summed E-state index contributed by atoms with van der Waals surface area (Å²) in [6.45, 7) is 6.77. The molecule has 5 nitrogen and oxygen atoms in total. The molecule has 1 atom stereocenters. The summed E-state index contributed by atoms with van der Waals surface area (Å²) in [5, 5.41) is 6.09. The van der Waals surface area contributed by atoms with Crippen molar-refractivity contribution in [2.75, 3.05) is 25.0 Å². The second kappa shape index (κ2) is 10.4. The standard InChI is InChI=1S/C27H32N4O/c1-20-17-25(18-21(2)28-20)30-27(32)29-24-13-15-31(19-24)16-14-26(22-9-5-3-6-10-22)23-11-7-4-8-12-23/h3-12,17-18,24,26H,13-16,19H2,1-2H3,(H2,28,29,30,32). The van der Waals surface area contributed by atoms with Crippen LogP contribution in [0.25, 0.3) is 0 Å². The highest BCUT2D eigenvalue weighted by Crippen LogP contribution is 2.28. The monoisotopic (exact) mass is 428 g/mol. The summed E-state index contributed by atoms with van der Waals surface area (Å²) in [5.41, 5.74) is 5.30. The van der Waals surface area contributed by atoms with E-state index in [-0.39, 0.29) is 12.1 Å². The number of likely N-dealkylation sites (tertiary alicyclic amines) is 1. The van der Waals surface area contributed by atoms with Crippen LogP contribution in [0.3, 0.4) is 0 Å². The summed E-state index contributed by atoms with van der Waals surface area (Å²) in [6.07, 6.45) is 2.03. The van der Waals surface area contributed by atoms with Crippen molar-refractivity contribution in [3.05, 3.63) is 95.3 Å². The van der Waals surface area contributed by atoms with Crippen molar-refractivity contribution in [3.63, 3.8) is 0 Å². The van der Waals surface area contributed by atoms with Crippen molar-refractivity contribution in [1.29, 1.82) is 0 Å². The molecule has 1 unspecified atom stereocenters. The molecule has 0 bridgehead atoms. The van der Waals surface area contributed by atoms with Crippen LogP contribution in [0.15, 0.2) is 72.8 Å². The number of benzene rings is 2. The summed E-state index contributed by atoms with van der Waals surface area (Å²) in [7, 11) is 0. The molecule has 32 heavy (non-hydrogen) atoms. The summed E-state index contributed by atoms with van der Waals surface area (Å²) < 4.78 is 0. The number of anilines is 1. The number of nitrogens with zero attached hydrogens (tertiary/aromatic N) is 2. The van der Waals surface area contributed by atoms with Gasteiger partial charge in [0.2, 0.25) is 0 Å². The van der Waals surface area contributed by atoms with Crippen LogP contribution in [-0.4, -0.2) is 41.6 Å². The summed E-state index contributed by atoms with van der Waals surface area (Å²) >= 11 is 0. The maximum absolute atomic E-state index is 12.5. The van der Waals surface area contributed by atoms with Crippen LogP contribution in [0.5, 0.6) is 0 Å². The highest BCUT2D eigenvalue weighted by Gasteiger charge is 2.25. The first-order valence-corrected chi connectivity index (χ1v) is 11.4. The van der Waals surface area contributed by atoms with E-state index in [1.165, 1.54) is 11.1 Å². The van der Waals surface area contributed by atoms with Gasteiger partial charge in [0.15, 0.2) is 0 Å². The van der Waals surface area contributed by atoms with Crippen molar-refractivity contribution in [1.82, 2.24) is 15.2 Å². The molecule has 1 aliphatic heterocycles. The Morgan fingerprint density at radius 3 is 2.19 bits per heavy atom. The van der Waals surface area contributed by atoms with Crippen molar-refractivity contribution >= 4 is 11.7 Å². The first-order chi connectivity index (χ1) is 15.6. The Morgan fingerprint density at radius 1 is 1.00 bits per heavy atom. The number of rotatable bonds is 7. The van der Waals surface area contributed by atoms with E-state index in [0.29, 0.717) is 5.92 Å². The fourth-order valence-electron chi connectivity index (χ4n) is 4.62. The molecule has 2 N–H and O–H groups in total. The van der Waals surface area contributed by atoms with Crippen molar-refractivity contribution in [2.24, 2.45) is 0 Å². The Bertz CT molecular complexity index is 963. The fourth-order valence-corrected chi connectivity index (χ4v) is 4.62. The molecule has 3 aromatic rings. The highest BCUT2D eigenvalue weighted by molar-refractivity contribution is 5.89. The van der Waals surface area contributed by atoms with E-state index in [9.17, 15) is 4.79 Å². The molecule has 1 fully saturated rings. The quantitative estimate of drug-likeness (QED) is 0.549. The zero-order chi connectivity index (χ0) is 22.3. The second-order valence-corrected chi connectivity index (χ2v) is 8.69. The van der Waals surface area contributed by atoms with Crippen molar-refractivity contribution in [3.8, 4) is 0 Å². The van der Waals surface area contributed by atoms with Crippen molar-refractivity contribution < 1.29 is 4.79 Å². The lowest BCUT2D eigenvalue weighted by molar-refractivity contribution is 0.247. The van der Waals surface area contributed by atoms with Gasteiger partial charge in [0.05, 0.1) is 0 Å². The number of urea groups is 1. The van der Waals surface area contributed by atoms with Crippen LogP contribution in [-0.2, 0) is 0 Å². The van der Waals surface area contributed by atoms with Gasteiger partial charge in [0.25, 0.3) is 0 Å². The van der Waals surface area contributed by atoms with Gasteiger partial charge >= 0.3 is 6.03 Å². The smallest absolute Gasteiger partial charge is 0.319 e. The summed E-state index contributed by atoms with van der Waals surface area (Å²) in [5.74, 6) is 0.380. The minimum atomic E-state index is -0.145. The van der Waals surface area contributed by atoms with E-state index in [0.717, 1.165) is 49.6 Å². The van der Waals surface area contributed by atoms with E-state index in [4.69, 9.17) is 0 Å². The van der Waals surface area contributed by atoms with Gasteiger partial charge in [-0.3, -0.25) is 4.98 Å². The van der Waals surface area contributed by atoms with Gasteiger partial charge in [-0.05, 0) is 56.5 Å². The number of hydrogen-bond acceptors (Lipinski definition) is 3. The number of aromatic nitrogens is 1. The van der Waals surface area contributed by atoms with Gasteiger partial charge in [-0.25, -0.2) is 4.79 Å². The normalized spacial score (nSPS) is 16.3. The summed E-state index contributed by atoms with van der Waals surface area (Å²) in [6, 6.07) is 25.3. The average molecular weight is 429 g/mol. The maximum Gasteiger partial charge on any atom is 0.319 e. The van der Waals surface area contributed by atoms with Gasteiger partial charge < -0.3 is 15.5 Å². The molecule has 1 aromatic heterocycles. The molecular formula is C27H32N4O. The number of amides is 2. The Labute approximate surface area is 190 Å². The largest absolute Gasteiger partial charge is 0.334 e. The lowest BCUT2D eigenvalue weighted by Gasteiger charge is -2.22. The van der Waals surface area contributed by atoms with Crippen LogP contribution in [0.1, 0.15) is 41.3 Å². The van der Waals surface area contributed by atoms with E-state index in [2.05, 4.69) is 81.2 Å². The van der Waals surface area contributed by atoms with Gasteiger partial charge in [0.1, 0.15) is 0 Å². The molecule has 0 spiro atoms. The Morgan fingerprint density at radius 2 is 1.59 bits per heavy atom. The molecule has 2 amide bonds. The van der Waals surface area contributed by atoms with E-state index in [1.807, 2.05) is 26.0 Å². The first-order valence-electron chi connectivity index (χ1n) is 11.4. The highest BCUT2D eigenvalue weighted by atomic mass is 16.2. The first kappa shape index (κ1) is 22.0. The zero-order valence-corrected chi connectivity index (χ0v) is 18.9. The average Bonchev–Trinajstić information content (AvgIpc) is 3.21. The zero-order valence-electron chi connectivity index (χ0n) is 18.9. The lowest BCUT2D eigenvalue weighted by Crippen LogP contribution is -2.39. The Balaban J connectivity index is 1.30.